The van der Waals surface area contributed by atoms with Gasteiger partial charge in [0.25, 0.3) is 0 Å². The third-order valence-electron chi connectivity index (χ3n) is 3.70. The lowest BCUT2D eigenvalue weighted by atomic mass is 10.1. The van der Waals surface area contributed by atoms with Crippen molar-refractivity contribution in [2.24, 2.45) is 0 Å². The second kappa shape index (κ2) is 11.7. The van der Waals surface area contributed by atoms with Gasteiger partial charge < -0.3 is 18.9 Å². The summed E-state index contributed by atoms with van der Waals surface area (Å²) in [4.78, 5) is 0. The van der Waals surface area contributed by atoms with Crippen LogP contribution in [0.25, 0.3) is 0 Å². The van der Waals surface area contributed by atoms with Crippen LogP contribution >= 0.6 is 0 Å². The standard InChI is InChI=1S/C11H18O2.C8H12O2/c1-3-4-9-13-11-7-5-10(12-2)6-8-11;1-9-7-3-5-8(10-2)6-4-7/h5,8H,3-4,6-7,9H2,1-2H3;3,6H,4-5H2,1-2H3. The van der Waals surface area contributed by atoms with Gasteiger partial charge in [-0.3, -0.25) is 0 Å². The van der Waals surface area contributed by atoms with E-state index in [-0.39, 0.29) is 0 Å². The van der Waals surface area contributed by atoms with Crippen LogP contribution in [0.2, 0.25) is 0 Å². The SMILES string of the molecule is CCCCOC1=CCC(OC)=CC1.COC1=CCC(OC)=CC1. The lowest BCUT2D eigenvalue weighted by Crippen LogP contribution is -1.99. The van der Waals surface area contributed by atoms with Crippen LogP contribution < -0.4 is 0 Å². The average molecular weight is 322 g/mol. The van der Waals surface area contributed by atoms with Crippen LogP contribution in [0, 0.1) is 0 Å². The molecule has 4 nitrogen and oxygen atoms in total. The van der Waals surface area contributed by atoms with E-state index >= 15 is 0 Å². The lowest BCUT2D eigenvalue weighted by Gasteiger charge is -2.13. The Morgan fingerprint density at radius 2 is 1.09 bits per heavy atom. The predicted octanol–water partition coefficient (Wildman–Crippen LogP) is 4.85. The molecule has 0 amide bonds. The first-order chi connectivity index (χ1) is 11.2. The van der Waals surface area contributed by atoms with Crippen LogP contribution in [0.3, 0.4) is 0 Å². The highest BCUT2D eigenvalue weighted by molar-refractivity contribution is 5.14. The lowest BCUT2D eigenvalue weighted by molar-refractivity contribution is 0.196. The molecule has 0 heterocycles. The van der Waals surface area contributed by atoms with E-state index in [9.17, 15) is 0 Å². The highest BCUT2D eigenvalue weighted by atomic mass is 16.5. The fraction of sp³-hybridized carbons (Fsp3) is 0.579. The first kappa shape index (κ1) is 19.2. The normalized spacial score (nSPS) is 16.7. The average Bonchev–Trinajstić information content (AvgIpc) is 2.63. The summed E-state index contributed by atoms with van der Waals surface area (Å²) in [7, 11) is 5.09. The van der Waals surface area contributed by atoms with E-state index in [1.165, 1.54) is 6.42 Å². The third-order valence-corrected chi connectivity index (χ3v) is 3.70. The number of methoxy groups -OCH3 is 3. The molecule has 0 radical (unpaired) electrons. The maximum atomic E-state index is 5.58. The zero-order valence-corrected chi connectivity index (χ0v) is 14.9. The molecule has 0 atom stereocenters. The molecular weight excluding hydrogens is 292 g/mol. The van der Waals surface area contributed by atoms with Crippen LogP contribution in [0.5, 0.6) is 0 Å². The second-order valence-electron chi connectivity index (χ2n) is 5.31. The predicted molar refractivity (Wildman–Crippen MR) is 92.7 cm³/mol. The van der Waals surface area contributed by atoms with Gasteiger partial charge in [0.05, 0.1) is 51.0 Å². The molecular formula is C19H30O4. The van der Waals surface area contributed by atoms with Crippen molar-refractivity contribution in [1.29, 1.82) is 0 Å². The van der Waals surface area contributed by atoms with E-state index in [1.54, 1.807) is 21.3 Å². The zero-order valence-electron chi connectivity index (χ0n) is 14.9. The van der Waals surface area contributed by atoms with Crippen molar-refractivity contribution in [3.63, 3.8) is 0 Å². The molecule has 0 spiro atoms. The minimum atomic E-state index is 0.846. The molecule has 0 aliphatic heterocycles. The van der Waals surface area contributed by atoms with E-state index in [1.807, 2.05) is 12.2 Å². The summed E-state index contributed by atoms with van der Waals surface area (Å²) in [5, 5.41) is 0. The van der Waals surface area contributed by atoms with Gasteiger partial charge >= 0.3 is 0 Å². The fourth-order valence-corrected chi connectivity index (χ4v) is 2.16. The fourth-order valence-electron chi connectivity index (χ4n) is 2.16. The summed E-state index contributed by atoms with van der Waals surface area (Å²) < 4.78 is 20.8. The Hall–Kier alpha value is -1.84. The van der Waals surface area contributed by atoms with Crippen LogP contribution in [0.1, 0.15) is 45.4 Å². The molecule has 2 rings (SSSR count). The quantitative estimate of drug-likeness (QED) is 0.628. The highest BCUT2D eigenvalue weighted by Gasteiger charge is 2.05. The van der Waals surface area contributed by atoms with Crippen LogP contribution in [-0.2, 0) is 18.9 Å². The molecule has 23 heavy (non-hydrogen) atoms. The van der Waals surface area contributed by atoms with E-state index < -0.39 is 0 Å². The van der Waals surface area contributed by atoms with Gasteiger partial charge in [-0.05, 0) is 30.7 Å². The molecule has 0 bridgehead atoms. The number of hydrogen-bond donors (Lipinski definition) is 0. The smallest absolute Gasteiger partial charge is 0.0963 e. The molecule has 4 heteroatoms. The summed E-state index contributed by atoms with van der Waals surface area (Å²) >= 11 is 0. The molecule has 130 valence electrons. The van der Waals surface area contributed by atoms with Crippen molar-refractivity contribution in [1.82, 2.24) is 0 Å². The molecule has 0 aromatic rings. The Morgan fingerprint density at radius 1 is 0.696 bits per heavy atom. The summed E-state index contributed by atoms with van der Waals surface area (Å²) in [5.74, 6) is 4.19. The highest BCUT2D eigenvalue weighted by Crippen LogP contribution is 2.19. The summed E-state index contributed by atoms with van der Waals surface area (Å²) in [6, 6.07) is 0. The van der Waals surface area contributed by atoms with E-state index in [4.69, 9.17) is 18.9 Å². The molecule has 0 aromatic heterocycles. The number of rotatable bonds is 7. The van der Waals surface area contributed by atoms with Gasteiger partial charge in [0.2, 0.25) is 0 Å². The van der Waals surface area contributed by atoms with Crippen molar-refractivity contribution in [3.8, 4) is 0 Å². The van der Waals surface area contributed by atoms with Crippen LogP contribution in [-0.4, -0.2) is 27.9 Å². The van der Waals surface area contributed by atoms with Gasteiger partial charge in [-0.1, -0.05) is 13.3 Å². The molecule has 0 aromatic carbocycles. The van der Waals surface area contributed by atoms with Gasteiger partial charge in [-0.2, -0.15) is 0 Å². The summed E-state index contributed by atoms with van der Waals surface area (Å²) in [6.45, 7) is 3.01. The minimum Gasteiger partial charge on any atom is -0.501 e. The topological polar surface area (TPSA) is 36.9 Å². The van der Waals surface area contributed by atoms with Crippen molar-refractivity contribution in [3.05, 3.63) is 47.3 Å². The van der Waals surface area contributed by atoms with E-state index in [0.29, 0.717) is 0 Å². The molecule has 0 saturated carbocycles. The van der Waals surface area contributed by atoms with E-state index in [0.717, 1.165) is 61.7 Å². The van der Waals surface area contributed by atoms with Crippen molar-refractivity contribution >= 4 is 0 Å². The number of hydrogen-bond acceptors (Lipinski definition) is 4. The van der Waals surface area contributed by atoms with Gasteiger partial charge in [0.1, 0.15) is 0 Å². The Morgan fingerprint density at radius 3 is 1.39 bits per heavy atom. The Bertz CT molecular complexity index is 438. The minimum absolute atomic E-state index is 0.846. The Kier molecular flexibility index (Phi) is 9.76. The number of ether oxygens (including phenoxy) is 4. The van der Waals surface area contributed by atoms with Crippen LogP contribution in [0.15, 0.2) is 47.3 Å². The van der Waals surface area contributed by atoms with Gasteiger partial charge in [0.15, 0.2) is 0 Å². The summed E-state index contributed by atoms with van der Waals surface area (Å²) in [6.07, 6.45) is 14.1. The van der Waals surface area contributed by atoms with Crippen molar-refractivity contribution < 1.29 is 18.9 Å². The molecule has 2 aliphatic rings. The molecule has 0 fully saturated rings. The zero-order chi connectivity index (χ0) is 16.9. The number of unbranched alkanes of at least 4 members (excludes halogenated alkanes) is 1. The maximum Gasteiger partial charge on any atom is 0.0963 e. The molecule has 2 aliphatic carbocycles. The van der Waals surface area contributed by atoms with Crippen molar-refractivity contribution in [2.45, 2.75) is 45.4 Å². The first-order valence-electron chi connectivity index (χ1n) is 8.24. The largest absolute Gasteiger partial charge is 0.501 e. The van der Waals surface area contributed by atoms with Crippen molar-refractivity contribution in [2.75, 3.05) is 27.9 Å². The van der Waals surface area contributed by atoms with Gasteiger partial charge in [0, 0.05) is 25.7 Å². The first-order valence-corrected chi connectivity index (χ1v) is 8.24. The summed E-state index contributed by atoms with van der Waals surface area (Å²) in [5.41, 5.74) is 0. The Balaban J connectivity index is 0.000000238. The molecule has 0 saturated heterocycles. The molecule has 0 unspecified atom stereocenters. The second-order valence-corrected chi connectivity index (χ2v) is 5.31. The van der Waals surface area contributed by atoms with E-state index in [2.05, 4.69) is 19.1 Å². The number of allylic oxidation sites excluding steroid dienone is 4. The Labute approximate surface area is 140 Å². The third kappa shape index (κ3) is 7.82. The monoisotopic (exact) mass is 322 g/mol. The maximum absolute atomic E-state index is 5.58. The van der Waals surface area contributed by atoms with Crippen LogP contribution in [0.4, 0.5) is 0 Å². The molecule has 0 N–H and O–H groups in total. The van der Waals surface area contributed by atoms with Gasteiger partial charge in [-0.15, -0.1) is 0 Å². The van der Waals surface area contributed by atoms with Gasteiger partial charge in [-0.25, -0.2) is 0 Å².